The zero-order valence-corrected chi connectivity index (χ0v) is 15.9. The van der Waals surface area contributed by atoms with Crippen molar-refractivity contribution in [3.8, 4) is 5.75 Å². The standard InChI is InChI=1S/C20H25N3O2S/c1-3-4-14-25-18-12-10-17(11-13-18)19(24)22-23-20(26)21-15(2)16-8-6-5-7-9-16/h5-13,15H,3-4,14H2,1-2H3,(H,22,24)(H2,21,23,26)/t15-/m1/s1. The number of unbranched alkanes of at least 4 members (excludes halogenated alkanes) is 1. The van der Waals surface area contributed by atoms with Gasteiger partial charge in [0.1, 0.15) is 5.75 Å². The van der Waals surface area contributed by atoms with Crippen molar-refractivity contribution >= 4 is 23.2 Å². The van der Waals surface area contributed by atoms with Crippen LogP contribution in [0.4, 0.5) is 0 Å². The number of hydrogen-bond acceptors (Lipinski definition) is 3. The lowest BCUT2D eigenvalue weighted by Gasteiger charge is -2.17. The van der Waals surface area contributed by atoms with E-state index in [2.05, 4.69) is 23.1 Å². The van der Waals surface area contributed by atoms with Gasteiger partial charge in [0.15, 0.2) is 5.11 Å². The number of amides is 1. The van der Waals surface area contributed by atoms with Gasteiger partial charge in [0.05, 0.1) is 12.6 Å². The van der Waals surface area contributed by atoms with Gasteiger partial charge in [-0.05, 0) is 55.4 Å². The maximum absolute atomic E-state index is 12.2. The highest BCUT2D eigenvalue weighted by molar-refractivity contribution is 7.80. The van der Waals surface area contributed by atoms with Crippen molar-refractivity contribution in [1.29, 1.82) is 0 Å². The van der Waals surface area contributed by atoms with Gasteiger partial charge in [0.2, 0.25) is 0 Å². The number of hydrogen-bond donors (Lipinski definition) is 3. The molecule has 0 heterocycles. The van der Waals surface area contributed by atoms with E-state index in [-0.39, 0.29) is 11.9 Å². The van der Waals surface area contributed by atoms with Gasteiger partial charge >= 0.3 is 0 Å². The molecule has 2 rings (SSSR count). The van der Waals surface area contributed by atoms with Crippen LogP contribution in [0.2, 0.25) is 0 Å². The molecule has 0 unspecified atom stereocenters. The van der Waals surface area contributed by atoms with E-state index < -0.39 is 0 Å². The second-order valence-electron chi connectivity index (χ2n) is 5.91. The van der Waals surface area contributed by atoms with Crippen molar-refractivity contribution in [3.63, 3.8) is 0 Å². The summed E-state index contributed by atoms with van der Waals surface area (Å²) in [5.41, 5.74) is 6.96. The van der Waals surface area contributed by atoms with E-state index in [1.807, 2.05) is 37.3 Å². The first-order chi connectivity index (χ1) is 12.6. The predicted molar refractivity (Wildman–Crippen MR) is 108 cm³/mol. The molecule has 2 aromatic rings. The van der Waals surface area contributed by atoms with Crippen LogP contribution in [0.15, 0.2) is 54.6 Å². The van der Waals surface area contributed by atoms with Gasteiger partial charge in [-0.15, -0.1) is 0 Å². The Morgan fingerprint density at radius 3 is 2.42 bits per heavy atom. The molecule has 0 aromatic heterocycles. The SMILES string of the molecule is CCCCOc1ccc(C(=O)NNC(=S)N[C@H](C)c2ccccc2)cc1. The van der Waals surface area contributed by atoms with Crippen LogP contribution in [0.3, 0.4) is 0 Å². The Hall–Kier alpha value is -2.60. The lowest BCUT2D eigenvalue weighted by Crippen LogP contribution is -2.47. The van der Waals surface area contributed by atoms with Crippen LogP contribution < -0.4 is 20.9 Å². The summed E-state index contributed by atoms with van der Waals surface area (Å²) in [6, 6.07) is 17.0. The normalized spacial score (nSPS) is 11.3. The van der Waals surface area contributed by atoms with Crippen molar-refractivity contribution in [2.24, 2.45) is 0 Å². The van der Waals surface area contributed by atoms with Gasteiger partial charge in [0, 0.05) is 5.56 Å². The van der Waals surface area contributed by atoms with Crippen molar-refractivity contribution in [2.75, 3.05) is 6.61 Å². The Labute approximate surface area is 160 Å². The molecule has 0 aliphatic rings. The van der Waals surface area contributed by atoms with Crippen molar-refractivity contribution < 1.29 is 9.53 Å². The van der Waals surface area contributed by atoms with Crippen LogP contribution in [0.1, 0.15) is 48.7 Å². The molecule has 3 N–H and O–H groups in total. The number of carbonyl (C=O) groups is 1. The number of nitrogens with one attached hydrogen (secondary N) is 3. The van der Waals surface area contributed by atoms with Crippen molar-refractivity contribution in [1.82, 2.24) is 16.2 Å². The van der Waals surface area contributed by atoms with Crippen molar-refractivity contribution in [2.45, 2.75) is 32.7 Å². The first kappa shape index (κ1) is 19.7. The van der Waals surface area contributed by atoms with E-state index in [1.54, 1.807) is 24.3 Å². The topological polar surface area (TPSA) is 62.4 Å². The molecule has 6 heteroatoms. The van der Waals surface area contributed by atoms with Gasteiger partial charge < -0.3 is 10.1 Å². The third-order valence-electron chi connectivity index (χ3n) is 3.82. The van der Waals surface area contributed by atoms with Gasteiger partial charge in [-0.2, -0.15) is 0 Å². The Morgan fingerprint density at radius 1 is 1.08 bits per heavy atom. The molecule has 1 atom stereocenters. The summed E-state index contributed by atoms with van der Waals surface area (Å²) in [6.45, 7) is 4.80. The molecule has 0 radical (unpaired) electrons. The number of rotatable bonds is 7. The Balaban J connectivity index is 1.77. The Kier molecular flexibility index (Phi) is 7.89. The molecular weight excluding hydrogens is 346 g/mol. The minimum absolute atomic E-state index is 0.0349. The van der Waals surface area contributed by atoms with E-state index in [9.17, 15) is 4.79 Å². The first-order valence-corrected chi connectivity index (χ1v) is 9.15. The van der Waals surface area contributed by atoms with Crippen LogP contribution in [-0.4, -0.2) is 17.6 Å². The molecule has 2 aromatic carbocycles. The molecule has 0 bridgehead atoms. The highest BCUT2D eigenvalue weighted by Crippen LogP contribution is 2.13. The average Bonchev–Trinajstić information content (AvgIpc) is 2.67. The molecular formula is C20H25N3O2S. The predicted octanol–water partition coefficient (Wildman–Crippen LogP) is 3.74. The maximum Gasteiger partial charge on any atom is 0.269 e. The summed E-state index contributed by atoms with van der Waals surface area (Å²) >= 11 is 5.22. The molecule has 0 aliphatic carbocycles. The third-order valence-corrected chi connectivity index (χ3v) is 4.04. The second-order valence-corrected chi connectivity index (χ2v) is 6.32. The Morgan fingerprint density at radius 2 is 1.77 bits per heavy atom. The zero-order valence-electron chi connectivity index (χ0n) is 15.1. The molecule has 1 amide bonds. The summed E-state index contributed by atoms with van der Waals surface area (Å²) in [5.74, 6) is 0.499. The molecule has 5 nitrogen and oxygen atoms in total. The van der Waals surface area contributed by atoms with E-state index in [1.165, 1.54) is 0 Å². The van der Waals surface area contributed by atoms with E-state index in [0.717, 1.165) is 24.2 Å². The molecule has 0 aliphatic heterocycles. The summed E-state index contributed by atoms with van der Waals surface area (Å²) in [6.07, 6.45) is 2.10. The minimum atomic E-state index is -0.262. The molecule has 138 valence electrons. The molecule has 0 fully saturated rings. The number of benzene rings is 2. The maximum atomic E-state index is 12.2. The van der Waals surface area contributed by atoms with E-state index in [4.69, 9.17) is 17.0 Å². The largest absolute Gasteiger partial charge is 0.494 e. The van der Waals surface area contributed by atoms with Crippen molar-refractivity contribution in [3.05, 3.63) is 65.7 Å². The van der Waals surface area contributed by atoms with Gasteiger partial charge in [-0.25, -0.2) is 0 Å². The fraction of sp³-hybridized carbons (Fsp3) is 0.300. The molecule has 0 saturated heterocycles. The van der Waals surface area contributed by atoms with Crippen LogP contribution >= 0.6 is 12.2 Å². The summed E-state index contributed by atoms with van der Waals surface area (Å²) < 4.78 is 5.59. The monoisotopic (exact) mass is 371 g/mol. The first-order valence-electron chi connectivity index (χ1n) is 8.74. The summed E-state index contributed by atoms with van der Waals surface area (Å²) in [4.78, 5) is 12.2. The van der Waals surface area contributed by atoms with E-state index >= 15 is 0 Å². The number of ether oxygens (including phenoxy) is 1. The number of hydrazine groups is 1. The third kappa shape index (κ3) is 6.37. The van der Waals surface area contributed by atoms with Gasteiger partial charge in [-0.1, -0.05) is 43.7 Å². The van der Waals surface area contributed by atoms with Crippen LogP contribution in [0.5, 0.6) is 5.75 Å². The molecule has 0 saturated carbocycles. The summed E-state index contributed by atoms with van der Waals surface area (Å²) in [7, 11) is 0. The quantitative estimate of drug-likeness (QED) is 0.393. The molecule has 26 heavy (non-hydrogen) atoms. The summed E-state index contributed by atoms with van der Waals surface area (Å²) in [5, 5.41) is 3.48. The lowest BCUT2D eigenvalue weighted by molar-refractivity contribution is 0.0943. The number of carbonyl (C=O) groups excluding carboxylic acids is 1. The van der Waals surface area contributed by atoms with Crippen LogP contribution in [0.25, 0.3) is 0 Å². The van der Waals surface area contributed by atoms with Gasteiger partial charge in [-0.3, -0.25) is 15.6 Å². The molecule has 0 spiro atoms. The zero-order chi connectivity index (χ0) is 18.8. The lowest BCUT2D eigenvalue weighted by atomic mass is 10.1. The Bertz CT molecular complexity index is 705. The smallest absolute Gasteiger partial charge is 0.269 e. The van der Waals surface area contributed by atoms with Crippen LogP contribution in [0, 0.1) is 0 Å². The fourth-order valence-corrected chi connectivity index (χ4v) is 2.51. The number of thiocarbonyl (C=S) groups is 1. The highest BCUT2D eigenvalue weighted by Gasteiger charge is 2.09. The fourth-order valence-electron chi connectivity index (χ4n) is 2.28. The van der Waals surface area contributed by atoms with E-state index in [0.29, 0.717) is 17.3 Å². The average molecular weight is 372 g/mol. The highest BCUT2D eigenvalue weighted by atomic mass is 32.1. The van der Waals surface area contributed by atoms with Gasteiger partial charge in [0.25, 0.3) is 5.91 Å². The van der Waals surface area contributed by atoms with Crippen LogP contribution in [-0.2, 0) is 0 Å². The second kappa shape index (κ2) is 10.4. The minimum Gasteiger partial charge on any atom is -0.494 e.